The van der Waals surface area contributed by atoms with Gasteiger partial charge in [-0.2, -0.15) is 10.3 Å². The van der Waals surface area contributed by atoms with E-state index < -0.39 is 29.2 Å². The van der Waals surface area contributed by atoms with Gasteiger partial charge in [-0.15, -0.1) is 28.2 Å². The summed E-state index contributed by atoms with van der Waals surface area (Å²) in [5.41, 5.74) is 6.21. The van der Waals surface area contributed by atoms with Crippen molar-refractivity contribution in [2.45, 2.75) is 16.4 Å². The molecule has 32 heavy (non-hydrogen) atoms. The number of nitrogen functional groups attached to an aromatic ring is 1. The van der Waals surface area contributed by atoms with Crippen molar-refractivity contribution in [2.75, 3.05) is 24.3 Å². The fourth-order valence-electron chi connectivity index (χ4n) is 3.12. The van der Waals surface area contributed by atoms with E-state index in [1.807, 2.05) is 0 Å². The van der Waals surface area contributed by atoms with Crippen LogP contribution in [0.1, 0.15) is 5.69 Å². The van der Waals surface area contributed by atoms with E-state index in [0.29, 0.717) is 22.1 Å². The maximum Gasteiger partial charge on any atom is 0.352 e. The highest BCUT2D eigenvalue weighted by molar-refractivity contribution is 8.01. The number of anilines is 1. The molecule has 2 aliphatic rings. The van der Waals surface area contributed by atoms with E-state index in [2.05, 4.69) is 30.9 Å². The van der Waals surface area contributed by atoms with Gasteiger partial charge in [0.25, 0.3) is 11.8 Å². The van der Waals surface area contributed by atoms with Gasteiger partial charge in [-0.3, -0.25) is 14.5 Å². The zero-order valence-electron chi connectivity index (χ0n) is 16.3. The minimum Gasteiger partial charge on any atom is -0.477 e. The van der Waals surface area contributed by atoms with Crippen molar-refractivity contribution in [1.29, 1.82) is 0 Å². The Balaban J connectivity index is 1.49. The SMILES string of the molecule is CON=C(C(=O)NC1C(=O)N2C(C(=O)O)=C(CSc3cn[nH]n3)CS[C@@H]12)c1csc(N)n1. The van der Waals surface area contributed by atoms with Gasteiger partial charge in [0, 0.05) is 16.9 Å². The minimum absolute atomic E-state index is 0.0710. The summed E-state index contributed by atoms with van der Waals surface area (Å²) in [4.78, 5) is 47.4. The molecule has 13 nitrogen and oxygen atoms in total. The van der Waals surface area contributed by atoms with Gasteiger partial charge in [0.1, 0.15) is 34.9 Å². The molecule has 2 aromatic rings. The van der Waals surface area contributed by atoms with Gasteiger partial charge >= 0.3 is 5.97 Å². The Hall–Kier alpha value is -3.11. The average molecular weight is 497 g/mol. The molecule has 4 rings (SSSR count). The first-order chi connectivity index (χ1) is 15.4. The molecule has 0 spiro atoms. The van der Waals surface area contributed by atoms with E-state index >= 15 is 0 Å². The van der Waals surface area contributed by atoms with Crippen LogP contribution in [0.5, 0.6) is 0 Å². The molecule has 0 aliphatic carbocycles. The zero-order chi connectivity index (χ0) is 22.8. The molecule has 2 amide bonds. The number of hydrogen-bond donors (Lipinski definition) is 4. The van der Waals surface area contributed by atoms with Crippen LogP contribution < -0.4 is 11.1 Å². The molecule has 0 bridgehead atoms. The molecule has 1 unspecified atom stereocenters. The number of thioether (sulfide) groups is 2. The first kappa shape index (κ1) is 22.1. The monoisotopic (exact) mass is 496 g/mol. The normalized spacial score (nSPS) is 20.6. The van der Waals surface area contributed by atoms with Gasteiger partial charge in [-0.1, -0.05) is 16.9 Å². The Morgan fingerprint density at radius 2 is 2.34 bits per heavy atom. The Labute approximate surface area is 192 Å². The molecule has 1 fully saturated rings. The smallest absolute Gasteiger partial charge is 0.352 e. The predicted molar refractivity (Wildman–Crippen MR) is 117 cm³/mol. The summed E-state index contributed by atoms with van der Waals surface area (Å²) >= 11 is 3.80. The molecule has 2 atom stereocenters. The van der Waals surface area contributed by atoms with Gasteiger partial charge in [-0.05, 0) is 5.57 Å². The lowest BCUT2D eigenvalue weighted by molar-refractivity contribution is -0.150. The number of β-lactam (4-membered cyclic amide) rings is 1. The summed E-state index contributed by atoms with van der Waals surface area (Å²) in [7, 11) is 1.28. The quantitative estimate of drug-likeness (QED) is 0.163. The molecule has 0 saturated carbocycles. The highest BCUT2D eigenvalue weighted by Gasteiger charge is 2.54. The summed E-state index contributed by atoms with van der Waals surface area (Å²) in [6.45, 7) is 0. The lowest BCUT2D eigenvalue weighted by atomic mass is 10.0. The number of hydrogen-bond acceptors (Lipinski definition) is 12. The number of rotatable bonds is 8. The Bertz CT molecular complexity index is 1110. The molecule has 2 aromatic heterocycles. The second kappa shape index (κ2) is 9.17. The molecule has 4 heterocycles. The Morgan fingerprint density at radius 3 is 2.97 bits per heavy atom. The third-order valence-electron chi connectivity index (χ3n) is 4.49. The van der Waals surface area contributed by atoms with Crippen molar-refractivity contribution < 1.29 is 24.3 Å². The molecule has 2 aliphatic heterocycles. The van der Waals surface area contributed by atoms with Crippen LogP contribution >= 0.6 is 34.9 Å². The van der Waals surface area contributed by atoms with E-state index in [0.717, 1.165) is 11.3 Å². The van der Waals surface area contributed by atoms with Gasteiger partial charge in [0.15, 0.2) is 10.8 Å². The highest BCUT2D eigenvalue weighted by atomic mass is 32.2. The second-order valence-corrected chi connectivity index (χ2v) is 9.40. The van der Waals surface area contributed by atoms with E-state index in [1.54, 1.807) is 5.38 Å². The third kappa shape index (κ3) is 4.15. The number of nitrogens with one attached hydrogen (secondary N) is 2. The van der Waals surface area contributed by atoms with Gasteiger partial charge in [-0.25, -0.2) is 9.78 Å². The number of nitrogens with two attached hydrogens (primary N) is 1. The van der Waals surface area contributed by atoms with Crippen LogP contribution in [-0.2, 0) is 19.2 Å². The molecule has 1 saturated heterocycles. The van der Waals surface area contributed by atoms with Gasteiger partial charge in [0.05, 0.1) is 6.20 Å². The number of aromatic nitrogens is 4. The third-order valence-corrected chi connectivity index (χ3v) is 7.48. The molecule has 5 N–H and O–H groups in total. The van der Waals surface area contributed by atoms with Gasteiger partial charge in [0.2, 0.25) is 0 Å². The fraction of sp³-hybridized carbons (Fsp3) is 0.312. The van der Waals surface area contributed by atoms with Crippen molar-refractivity contribution in [2.24, 2.45) is 5.16 Å². The zero-order valence-corrected chi connectivity index (χ0v) is 18.8. The number of amides is 2. The number of nitrogens with zero attached hydrogens (tertiary/aromatic N) is 5. The maximum atomic E-state index is 12.8. The summed E-state index contributed by atoms with van der Waals surface area (Å²) in [5.74, 6) is -1.68. The lowest BCUT2D eigenvalue weighted by Gasteiger charge is -2.49. The number of carboxylic acid groups (broad SMARTS) is 1. The predicted octanol–water partition coefficient (Wildman–Crippen LogP) is -0.275. The van der Waals surface area contributed by atoms with Crippen molar-refractivity contribution in [1.82, 2.24) is 30.6 Å². The summed E-state index contributed by atoms with van der Waals surface area (Å²) < 4.78 is 0. The number of H-pyrrole nitrogens is 1. The molecular weight excluding hydrogens is 480 g/mol. The summed E-state index contributed by atoms with van der Waals surface area (Å²) in [6.07, 6.45) is 1.53. The number of fused-ring (bicyclic) bond motifs is 1. The first-order valence-electron chi connectivity index (χ1n) is 8.92. The van der Waals surface area contributed by atoms with Crippen molar-refractivity contribution in [3.8, 4) is 0 Å². The highest BCUT2D eigenvalue weighted by Crippen LogP contribution is 2.41. The Kier molecular flexibility index (Phi) is 6.33. The van der Waals surface area contributed by atoms with E-state index in [4.69, 9.17) is 10.6 Å². The largest absolute Gasteiger partial charge is 0.477 e. The maximum absolute atomic E-state index is 12.8. The number of thiazole rings is 1. The number of carboxylic acids is 1. The van der Waals surface area contributed by atoms with E-state index in [1.165, 1.54) is 41.7 Å². The molecule has 0 radical (unpaired) electrons. The lowest BCUT2D eigenvalue weighted by Crippen LogP contribution is -2.71. The number of aliphatic carboxylic acids is 1. The standard InChI is InChI=1S/C16H16N8O5S3/c1-29-22-9(7-5-32-16(17)19-7)12(25)20-10-13(26)24-11(15(27)28)6(4-31-14(10)24)3-30-8-2-18-23-21-8/h2,5,10,14H,3-4H2,1H3,(H2,17,19)(H,20,25)(H,27,28)(H,18,21,23)/t10?,14-/m0/s1. The van der Waals surface area contributed by atoms with Crippen LogP contribution in [0.15, 0.2) is 33.0 Å². The molecule has 168 valence electrons. The molecule has 0 aromatic carbocycles. The van der Waals surface area contributed by atoms with E-state index in [9.17, 15) is 19.5 Å². The minimum atomic E-state index is -1.20. The van der Waals surface area contributed by atoms with Crippen LogP contribution in [0.2, 0.25) is 0 Å². The van der Waals surface area contributed by atoms with Crippen LogP contribution in [0.25, 0.3) is 0 Å². The Morgan fingerprint density at radius 1 is 1.53 bits per heavy atom. The van der Waals surface area contributed by atoms with Crippen LogP contribution in [0, 0.1) is 0 Å². The number of aromatic amines is 1. The number of carbonyl (C=O) groups is 3. The van der Waals surface area contributed by atoms with Crippen LogP contribution in [0.4, 0.5) is 5.13 Å². The first-order valence-corrected chi connectivity index (χ1v) is 11.8. The van der Waals surface area contributed by atoms with Crippen molar-refractivity contribution in [3.63, 3.8) is 0 Å². The number of carbonyl (C=O) groups excluding carboxylic acids is 2. The van der Waals surface area contributed by atoms with E-state index in [-0.39, 0.29) is 22.2 Å². The average Bonchev–Trinajstić information content (AvgIpc) is 3.45. The summed E-state index contributed by atoms with van der Waals surface area (Å²) in [6, 6.07) is -0.912. The van der Waals surface area contributed by atoms with Gasteiger partial charge < -0.3 is 21.0 Å². The number of oxime groups is 1. The summed E-state index contributed by atoms with van der Waals surface area (Å²) in [5, 5.41) is 28.0. The van der Waals surface area contributed by atoms with Crippen LogP contribution in [-0.4, -0.2) is 83.9 Å². The fourth-order valence-corrected chi connectivity index (χ4v) is 5.93. The second-order valence-electron chi connectivity index (χ2n) is 6.41. The van der Waals surface area contributed by atoms with Crippen molar-refractivity contribution in [3.05, 3.63) is 28.5 Å². The molecular formula is C16H16N8O5S3. The van der Waals surface area contributed by atoms with Crippen LogP contribution in [0.3, 0.4) is 0 Å². The topological polar surface area (TPSA) is 189 Å². The van der Waals surface area contributed by atoms with Crippen molar-refractivity contribution >= 4 is 63.5 Å². The molecule has 16 heteroatoms.